The predicted octanol–water partition coefficient (Wildman–Crippen LogP) is 0.0324. The summed E-state index contributed by atoms with van der Waals surface area (Å²) >= 11 is 0. The number of carbonyl (C=O) groups is 1. The molecule has 1 amide bonds. The largest absolute Gasteiger partial charge is 0.391 e. The van der Waals surface area contributed by atoms with Crippen LogP contribution in [0, 0.1) is 0 Å². The van der Waals surface area contributed by atoms with Crippen molar-refractivity contribution in [1.29, 1.82) is 0 Å². The van der Waals surface area contributed by atoms with E-state index in [2.05, 4.69) is 20.4 Å². The zero-order valence-electron chi connectivity index (χ0n) is 13.6. The average molecular weight is 322 g/mol. The Bertz CT molecular complexity index is 512. The summed E-state index contributed by atoms with van der Waals surface area (Å²) in [6.45, 7) is 4.12. The lowest BCUT2D eigenvalue weighted by Crippen LogP contribution is -2.43. The molecule has 0 aliphatic carbocycles. The van der Waals surface area contributed by atoms with Crippen molar-refractivity contribution in [3.8, 4) is 0 Å². The lowest BCUT2D eigenvalue weighted by atomic mass is 10.1. The molecule has 1 unspecified atom stereocenters. The number of hydrogen-bond donors (Lipinski definition) is 1. The Balaban J connectivity index is 1.58. The third-order valence-corrected chi connectivity index (χ3v) is 4.70. The Morgan fingerprint density at radius 3 is 2.65 bits per heavy atom. The molecule has 0 spiro atoms. The van der Waals surface area contributed by atoms with Gasteiger partial charge in [-0.2, -0.15) is 0 Å². The second-order valence-electron chi connectivity index (χ2n) is 6.58. The molecule has 2 aliphatic heterocycles. The van der Waals surface area contributed by atoms with Gasteiger partial charge in [0.05, 0.1) is 12.6 Å². The molecule has 2 aliphatic rings. The summed E-state index contributed by atoms with van der Waals surface area (Å²) in [7, 11) is 0. The van der Waals surface area contributed by atoms with Crippen LogP contribution in [0.15, 0.2) is 0 Å². The minimum Gasteiger partial charge on any atom is -0.391 e. The Labute approximate surface area is 136 Å². The number of likely N-dealkylation sites (tertiary alicyclic amines) is 2. The Morgan fingerprint density at radius 2 is 1.91 bits per heavy atom. The van der Waals surface area contributed by atoms with Crippen LogP contribution in [0.5, 0.6) is 0 Å². The van der Waals surface area contributed by atoms with Gasteiger partial charge in [0.1, 0.15) is 6.54 Å². The van der Waals surface area contributed by atoms with Gasteiger partial charge >= 0.3 is 0 Å². The van der Waals surface area contributed by atoms with Crippen LogP contribution in [0.3, 0.4) is 0 Å². The van der Waals surface area contributed by atoms with Gasteiger partial charge in [-0.1, -0.05) is 12.8 Å². The van der Waals surface area contributed by atoms with Crippen LogP contribution < -0.4 is 0 Å². The van der Waals surface area contributed by atoms with E-state index in [0.29, 0.717) is 19.6 Å². The summed E-state index contributed by atoms with van der Waals surface area (Å²) in [6.07, 6.45) is 6.23. The van der Waals surface area contributed by atoms with Crippen molar-refractivity contribution in [3.05, 3.63) is 5.82 Å². The van der Waals surface area contributed by atoms with Gasteiger partial charge in [-0.05, 0) is 49.2 Å². The van der Waals surface area contributed by atoms with Gasteiger partial charge in [-0.25, -0.2) is 4.68 Å². The van der Waals surface area contributed by atoms with E-state index in [9.17, 15) is 9.90 Å². The highest BCUT2D eigenvalue weighted by atomic mass is 16.3. The van der Waals surface area contributed by atoms with E-state index in [1.807, 2.05) is 0 Å². The van der Waals surface area contributed by atoms with E-state index in [4.69, 9.17) is 0 Å². The molecule has 0 aromatic carbocycles. The molecule has 1 aromatic rings. The van der Waals surface area contributed by atoms with Crippen LogP contribution in [-0.2, 0) is 17.9 Å². The number of piperidine rings is 1. The fourth-order valence-electron chi connectivity index (χ4n) is 3.36. The number of aliphatic hydroxyl groups is 1. The molecule has 8 nitrogen and oxygen atoms in total. The summed E-state index contributed by atoms with van der Waals surface area (Å²) in [6, 6.07) is 0. The summed E-state index contributed by atoms with van der Waals surface area (Å²) in [5.74, 6) is 0.728. The van der Waals surface area contributed by atoms with Crippen molar-refractivity contribution in [2.24, 2.45) is 0 Å². The highest BCUT2D eigenvalue weighted by Crippen LogP contribution is 2.13. The molecule has 2 saturated heterocycles. The van der Waals surface area contributed by atoms with E-state index in [-0.39, 0.29) is 12.5 Å². The molecule has 23 heavy (non-hydrogen) atoms. The van der Waals surface area contributed by atoms with E-state index < -0.39 is 6.10 Å². The number of carbonyl (C=O) groups excluding carboxylic acids is 1. The third kappa shape index (κ3) is 4.48. The molecule has 1 atom stereocenters. The summed E-state index contributed by atoms with van der Waals surface area (Å²) in [5, 5.41) is 21.5. The van der Waals surface area contributed by atoms with E-state index >= 15 is 0 Å². The summed E-state index contributed by atoms with van der Waals surface area (Å²) in [4.78, 5) is 16.5. The number of β-amino-alcohol motifs (C(OH)–C–C–N with tert-alkyl or cyclic N) is 1. The maximum Gasteiger partial charge on any atom is 0.244 e. The zero-order valence-corrected chi connectivity index (χ0v) is 13.6. The first-order valence-corrected chi connectivity index (χ1v) is 8.65. The molecule has 0 saturated carbocycles. The van der Waals surface area contributed by atoms with Crippen LogP contribution >= 0.6 is 0 Å². The molecule has 128 valence electrons. The molecule has 2 fully saturated rings. The second kappa shape index (κ2) is 7.83. The van der Waals surface area contributed by atoms with Gasteiger partial charge in [0.2, 0.25) is 5.91 Å². The van der Waals surface area contributed by atoms with E-state index in [1.54, 1.807) is 9.58 Å². The van der Waals surface area contributed by atoms with Crippen LogP contribution in [0.2, 0.25) is 0 Å². The minimum absolute atomic E-state index is 0.0202. The molecular formula is C15H26N6O2. The van der Waals surface area contributed by atoms with Crippen molar-refractivity contribution >= 4 is 5.91 Å². The van der Waals surface area contributed by atoms with Gasteiger partial charge in [0.25, 0.3) is 0 Å². The lowest BCUT2D eigenvalue weighted by molar-refractivity contribution is -0.135. The zero-order chi connectivity index (χ0) is 16.1. The normalized spacial score (nSPS) is 23.7. The van der Waals surface area contributed by atoms with Gasteiger partial charge in [-0.3, -0.25) is 9.69 Å². The van der Waals surface area contributed by atoms with Crippen molar-refractivity contribution < 1.29 is 9.90 Å². The maximum absolute atomic E-state index is 12.4. The average Bonchev–Trinajstić information content (AvgIpc) is 2.81. The maximum atomic E-state index is 12.4. The highest BCUT2D eigenvalue weighted by molar-refractivity contribution is 5.76. The quantitative estimate of drug-likeness (QED) is 0.842. The SMILES string of the molecule is O=C(Cn1nnnc1CN1CCCCCC1)N1CCCC(O)C1. The number of rotatable bonds is 4. The Hall–Kier alpha value is -1.54. The van der Waals surface area contributed by atoms with Crippen LogP contribution in [0.25, 0.3) is 0 Å². The van der Waals surface area contributed by atoms with Gasteiger partial charge < -0.3 is 10.0 Å². The first-order valence-electron chi connectivity index (χ1n) is 8.65. The molecule has 1 aromatic heterocycles. The lowest BCUT2D eigenvalue weighted by Gasteiger charge is -2.30. The van der Waals surface area contributed by atoms with E-state index in [0.717, 1.165) is 31.8 Å². The number of amides is 1. The number of aliphatic hydroxyl groups excluding tert-OH is 1. The fourth-order valence-corrected chi connectivity index (χ4v) is 3.36. The standard InChI is InChI=1S/C15H26N6O2/c22-13-6-5-9-20(10-13)15(23)12-21-14(16-17-18-21)11-19-7-3-1-2-4-8-19/h13,22H,1-12H2. The van der Waals surface area contributed by atoms with E-state index in [1.165, 1.54) is 25.7 Å². The Morgan fingerprint density at radius 1 is 1.13 bits per heavy atom. The number of tetrazole rings is 1. The smallest absolute Gasteiger partial charge is 0.244 e. The van der Waals surface area contributed by atoms with Crippen molar-refractivity contribution in [2.45, 2.75) is 57.7 Å². The molecule has 3 heterocycles. The molecule has 1 N–H and O–H groups in total. The van der Waals surface area contributed by atoms with Gasteiger partial charge in [-0.15, -0.1) is 5.10 Å². The molecule has 3 rings (SSSR count). The van der Waals surface area contributed by atoms with Crippen molar-refractivity contribution in [3.63, 3.8) is 0 Å². The summed E-state index contributed by atoms with van der Waals surface area (Å²) in [5.41, 5.74) is 0. The molecule has 0 radical (unpaired) electrons. The third-order valence-electron chi connectivity index (χ3n) is 4.70. The number of nitrogens with zero attached hydrogens (tertiary/aromatic N) is 6. The van der Waals surface area contributed by atoms with Crippen LogP contribution in [0.1, 0.15) is 44.3 Å². The monoisotopic (exact) mass is 322 g/mol. The molecular weight excluding hydrogens is 296 g/mol. The first kappa shape index (κ1) is 16.3. The van der Waals surface area contributed by atoms with Crippen LogP contribution in [-0.4, -0.2) is 73.3 Å². The van der Waals surface area contributed by atoms with Crippen molar-refractivity contribution in [1.82, 2.24) is 30.0 Å². The number of hydrogen-bond acceptors (Lipinski definition) is 6. The number of aromatic nitrogens is 4. The minimum atomic E-state index is -0.404. The Kier molecular flexibility index (Phi) is 5.56. The molecule has 0 bridgehead atoms. The molecule has 8 heteroatoms. The topological polar surface area (TPSA) is 87.4 Å². The van der Waals surface area contributed by atoms with Gasteiger partial charge in [0.15, 0.2) is 5.82 Å². The van der Waals surface area contributed by atoms with Crippen molar-refractivity contribution in [2.75, 3.05) is 26.2 Å². The first-order chi connectivity index (χ1) is 11.2. The highest BCUT2D eigenvalue weighted by Gasteiger charge is 2.23. The van der Waals surface area contributed by atoms with Crippen LogP contribution in [0.4, 0.5) is 0 Å². The van der Waals surface area contributed by atoms with Gasteiger partial charge in [0, 0.05) is 13.1 Å². The predicted molar refractivity (Wildman–Crippen MR) is 83.4 cm³/mol. The second-order valence-corrected chi connectivity index (χ2v) is 6.58. The fraction of sp³-hybridized carbons (Fsp3) is 0.867. The summed E-state index contributed by atoms with van der Waals surface area (Å²) < 4.78 is 1.61.